The molecule has 3 aromatic rings. The molecule has 0 N–H and O–H groups in total. The smallest absolute Gasteiger partial charge is 0.249 e. The van der Waals surface area contributed by atoms with Crippen LogP contribution in [0.5, 0.6) is 0 Å². The average Bonchev–Trinajstić information content (AvgIpc) is 3.57. The van der Waals surface area contributed by atoms with Crippen molar-refractivity contribution in [3.05, 3.63) is 71.1 Å². The van der Waals surface area contributed by atoms with E-state index in [0.717, 1.165) is 45.2 Å². The Bertz CT molecular complexity index is 1070. The molecule has 0 radical (unpaired) electrons. The van der Waals surface area contributed by atoms with Crippen LogP contribution in [0.4, 0.5) is 0 Å². The predicted molar refractivity (Wildman–Crippen MR) is 128 cm³/mol. The van der Waals surface area contributed by atoms with E-state index in [4.69, 9.17) is 16.0 Å². The van der Waals surface area contributed by atoms with Crippen molar-refractivity contribution in [1.82, 2.24) is 20.0 Å². The fourth-order valence-electron chi connectivity index (χ4n) is 4.59. The van der Waals surface area contributed by atoms with Crippen LogP contribution in [0.1, 0.15) is 37.1 Å². The molecule has 0 atom stereocenters. The highest BCUT2D eigenvalue weighted by Crippen LogP contribution is 2.31. The number of hydrogen-bond acceptors (Lipinski definition) is 5. The van der Waals surface area contributed by atoms with E-state index in [1.165, 1.54) is 5.56 Å². The predicted octanol–water partition coefficient (Wildman–Crippen LogP) is 4.84. The van der Waals surface area contributed by atoms with Crippen LogP contribution in [0.15, 0.2) is 59.0 Å². The summed E-state index contributed by atoms with van der Waals surface area (Å²) in [5.41, 5.74) is 2.11. The number of likely N-dealkylation sites (tertiary alicyclic amines) is 1. The second kappa shape index (κ2) is 10.1. The molecular weight excluding hydrogens is 436 g/mol. The van der Waals surface area contributed by atoms with Crippen LogP contribution in [0.3, 0.4) is 0 Å². The molecule has 6 nitrogen and oxygen atoms in total. The first kappa shape index (κ1) is 22.1. The lowest BCUT2D eigenvalue weighted by atomic mass is 9.90. The molecule has 2 fully saturated rings. The summed E-state index contributed by atoms with van der Waals surface area (Å²) in [6.45, 7) is 2.75. The van der Waals surface area contributed by atoms with E-state index in [-0.39, 0.29) is 11.9 Å². The van der Waals surface area contributed by atoms with Crippen LogP contribution in [0.2, 0.25) is 5.02 Å². The van der Waals surface area contributed by atoms with Crippen molar-refractivity contribution < 1.29 is 9.21 Å². The van der Waals surface area contributed by atoms with E-state index < -0.39 is 0 Å². The molecule has 33 heavy (non-hydrogen) atoms. The molecule has 1 saturated carbocycles. The minimum Gasteiger partial charge on any atom is -0.419 e. The zero-order valence-electron chi connectivity index (χ0n) is 18.7. The Balaban J connectivity index is 1.16. The van der Waals surface area contributed by atoms with Crippen molar-refractivity contribution in [2.75, 3.05) is 19.6 Å². The van der Waals surface area contributed by atoms with Crippen LogP contribution in [-0.4, -0.2) is 51.6 Å². The largest absolute Gasteiger partial charge is 0.419 e. The van der Waals surface area contributed by atoms with E-state index in [9.17, 15) is 4.79 Å². The van der Waals surface area contributed by atoms with Gasteiger partial charge in [0.15, 0.2) is 0 Å². The molecule has 172 valence electrons. The first-order valence-corrected chi connectivity index (χ1v) is 12.2. The highest BCUT2D eigenvalue weighted by atomic mass is 35.5. The van der Waals surface area contributed by atoms with E-state index >= 15 is 0 Å². The molecule has 0 spiro atoms. The summed E-state index contributed by atoms with van der Waals surface area (Å²) in [6.07, 6.45) is 5.47. The quantitative estimate of drug-likeness (QED) is 0.477. The SMILES string of the molecule is O=C(CN1CCC(Cc2ccccc2)CC1)N(Cc1nnc(-c2ccccc2Cl)o1)C1CC1. The summed E-state index contributed by atoms with van der Waals surface area (Å²) in [5.74, 6) is 1.68. The third-order valence-electron chi connectivity index (χ3n) is 6.62. The zero-order valence-corrected chi connectivity index (χ0v) is 19.5. The molecule has 1 aliphatic carbocycles. The second-order valence-corrected chi connectivity index (χ2v) is 9.55. The molecule has 1 amide bonds. The van der Waals surface area contributed by atoms with Crippen molar-refractivity contribution in [2.24, 2.45) is 5.92 Å². The van der Waals surface area contributed by atoms with Crippen LogP contribution >= 0.6 is 11.6 Å². The fraction of sp³-hybridized carbons (Fsp3) is 0.423. The maximum absolute atomic E-state index is 13.2. The van der Waals surface area contributed by atoms with Crippen molar-refractivity contribution in [3.63, 3.8) is 0 Å². The first-order valence-electron chi connectivity index (χ1n) is 11.8. The Hall–Kier alpha value is -2.70. The molecule has 0 unspecified atom stereocenters. The fourth-order valence-corrected chi connectivity index (χ4v) is 4.81. The maximum atomic E-state index is 13.2. The number of aromatic nitrogens is 2. The van der Waals surface area contributed by atoms with Crippen molar-refractivity contribution in [2.45, 2.75) is 44.7 Å². The molecule has 1 aromatic heterocycles. The number of hydrogen-bond donors (Lipinski definition) is 0. The van der Waals surface area contributed by atoms with Gasteiger partial charge in [-0.3, -0.25) is 9.69 Å². The van der Waals surface area contributed by atoms with Crippen LogP contribution in [0, 0.1) is 5.92 Å². The summed E-state index contributed by atoms with van der Waals surface area (Å²) in [5, 5.41) is 8.90. The summed E-state index contributed by atoms with van der Waals surface area (Å²) < 4.78 is 5.86. The summed E-state index contributed by atoms with van der Waals surface area (Å²) in [4.78, 5) is 17.4. The van der Waals surface area contributed by atoms with Crippen LogP contribution in [-0.2, 0) is 17.8 Å². The summed E-state index contributed by atoms with van der Waals surface area (Å²) in [7, 11) is 0. The van der Waals surface area contributed by atoms with Crippen molar-refractivity contribution in [3.8, 4) is 11.5 Å². The van der Waals surface area contributed by atoms with Crippen molar-refractivity contribution in [1.29, 1.82) is 0 Å². The number of carbonyl (C=O) groups excluding carboxylic acids is 1. The lowest BCUT2D eigenvalue weighted by Crippen LogP contribution is -2.44. The Labute approximate surface area is 199 Å². The Morgan fingerprint density at radius 2 is 1.73 bits per heavy atom. The number of rotatable bonds is 8. The molecule has 2 heterocycles. The lowest BCUT2D eigenvalue weighted by molar-refractivity contribution is -0.134. The molecule has 1 saturated heterocycles. The molecule has 1 aliphatic heterocycles. The second-order valence-electron chi connectivity index (χ2n) is 9.14. The van der Waals surface area contributed by atoms with Gasteiger partial charge in [-0.05, 0) is 68.8 Å². The van der Waals surface area contributed by atoms with E-state index in [1.54, 1.807) is 6.07 Å². The first-order chi connectivity index (χ1) is 16.2. The molecule has 2 aromatic carbocycles. The molecule has 0 bridgehead atoms. The number of halogens is 1. The lowest BCUT2D eigenvalue weighted by Gasteiger charge is -2.33. The van der Waals surface area contributed by atoms with Gasteiger partial charge in [0.1, 0.15) is 0 Å². The third kappa shape index (κ3) is 5.63. The van der Waals surface area contributed by atoms with Gasteiger partial charge in [-0.15, -0.1) is 10.2 Å². The highest BCUT2D eigenvalue weighted by molar-refractivity contribution is 6.33. The van der Waals surface area contributed by atoms with Crippen LogP contribution in [0.25, 0.3) is 11.5 Å². The number of benzene rings is 2. The molecule has 5 rings (SSSR count). The van der Waals surface area contributed by atoms with E-state index in [1.807, 2.05) is 23.1 Å². The van der Waals surface area contributed by atoms with Crippen LogP contribution < -0.4 is 0 Å². The van der Waals surface area contributed by atoms with Gasteiger partial charge in [-0.25, -0.2) is 0 Å². The Kier molecular flexibility index (Phi) is 6.74. The van der Waals surface area contributed by atoms with Gasteiger partial charge in [0.05, 0.1) is 23.7 Å². The van der Waals surface area contributed by atoms with Gasteiger partial charge in [-0.2, -0.15) is 0 Å². The topological polar surface area (TPSA) is 62.5 Å². The summed E-state index contributed by atoms with van der Waals surface area (Å²) in [6, 6.07) is 18.4. The standard InChI is InChI=1S/C26H29ClN4O2/c27-23-9-5-4-8-22(23)26-29-28-24(33-26)17-31(21-10-11-21)25(32)18-30-14-12-20(13-15-30)16-19-6-2-1-3-7-19/h1-9,20-21H,10-18H2. The average molecular weight is 465 g/mol. The minimum atomic E-state index is 0.150. The van der Waals surface area contributed by atoms with Crippen molar-refractivity contribution >= 4 is 17.5 Å². The van der Waals surface area contributed by atoms with E-state index in [0.29, 0.717) is 41.4 Å². The zero-order chi connectivity index (χ0) is 22.6. The summed E-state index contributed by atoms with van der Waals surface area (Å²) >= 11 is 6.25. The third-order valence-corrected chi connectivity index (χ3v) is 6.95. The normalized spacial score (nSPS) is 17.2. The number of carbonyl (C=O) groups is 1. The van der Waals surface area contributed by atoms with Gasteiger partial charge in [0, 0.05) is 6.04 Å². The molecule has 2 aliphatic rings. The van der Waals surface area contributed by atoms with Gasteiger partial charge in [0.2, 0.25) is 17.7 Å². The minimum absolute atomic E-state index is 0.150. The number of amides is 1. The maximum Gasteiger partial charge on any atom is 0.249 e. The highest BCUT2D eigenvalue weighted by Gasteiger charge is 2.35. The number of piperidine rings is 1. The van der Waals surface area contributed by atoms with Gasteiger partial charge in [-0.1, -0.05) is 54.1 Å². The molecule has 7 heteroatoms. The van der Waals surface area contributed by atoms with Gasteiger partial charge < -0.3 is 9.32 Å². The Morgan fingerprint density at radius 1 is 1.00 bits per heavy atom. The van der Waals surface area contributed by atoms with E-state index in [2.05, 4.69) is 45.4 Å². The molecular formula is C26H29ClN4O2. The monoisotopic (exact) mass is 464 g/mol. The van der Waals surface area contributed by atoms with Gasteiger partial charge >= 0.3 is 0 Å². The Morgan fingerprint density at radius 3 is 2.45 bits per heavy atom. The van der Waals surface area contributed by atoms with Gasteiger partial charge in [0.25, 0.3) is 0 Å². The number of nitrogens with zero attached hydrogens (tertiary/aromatic N) is 4.